The van der Waals surface area contributed by atoms with Crippen molar-refractivity contribution < 1.29 is 9.63 Å². The Balaban J connectivity index is 1.52. The van der Waals surface area contributed by atoms with Gasteiger partial charge in [0.2, 0.25) is 11.7 Å². The summed E-state index contributed by atoms with van der Waals surface area (Å²) in [6, 6.07) is 7.09. The second-order valence-electron chi connectivity index (χ2n) is 5.79. The molecule has 3 heterocycles. The van der Waals surface area contributed by atoms with E-state index in [4.69, 9.17) is 27.7 Å². The summed E-state index contributed by atoms with van der Waals surface area (Å²) in [5, 5.41) is 22.8. The van der Waals surface area contributed by atoms with Crippen molar-refractivity contribution in [3.05, 3.63) is 74.5 Å². The van der Waals surface area contributed by atoms with Gasteiger partial charge in [0.15, 0.2) is 5.52 Å². The summed E-state index contributed by atoms with van der Waals surface area (Å²) in [4.78, 5) is 16.6. The van der Waals surface area contributed by atoms with Crippen molar-refractivity contribution in [1.29, 1.82) is 0 Å². The van der Waals surface area contributed by atoms with Crippen LogP contribution >= 0.6 is 23.2 Å². The Kier molecular flexibility index (Phi) is 4.65. The van der Waals surface area contributed by atoms with Crippen LogP contribution in [0.4, 0.5) is 0 Å². The monoisotopic (exact) mass is 406 g/mol. The lowest BCUT2D eigenvalue weighted by molar-refractivity contribution is 0.164. The van der Waals surface area contributed by atoms with Crippen LogP contribution in [-0.2, 0) is 13.0 Å². The summed E-state index contributed by atoms with van der Waals surface area (Å²) < 4.78 is 7.56. The first-order valence-corrected chi connectivity index (χ1v) is 8.61. The SMILES string of the molecule is O=c1c2c(Cl)cnn2ncn1Cc1nc(C(O)Cc2ccc(Cl)cc2)no1. The van der Waals surface area contributed by atoms with Gasteiger partial charge < -0.3 is 9.63 Å². The average Bonchev–Trinajstić information content (AvgIpc) is 3.27. The maximum atomic E-state index is 12.5. The Labute approximate surface area is 161 Å². The van der Waals surface area contributed by atoms with E-state index < -0.39 is 11.7 Å². The molecule has 1 unspecified atom stereocenters. The van der Waals surface area contributed by atoms with Crippen LogP contribution < -0.4 is 5.56 Å². The standard InChI is InChI=1S/C16H12Cl2N6O3/c17-10-3-1-9(2-4-10)5-12(25)15-21-13(27-22-15)7-23-8-20-24-14(16(23)26)11(18)6-19-24/h1-4,6,8,12,25H,5,7H2. The molecule has 9 nitrogen and oxygen atoms in total. The third kappa shape index (κ3) is 3.57. The molecular formula is C16H12Cl2N6O3. The van der Waals surface area contributed by atoms with Crippen LogP contribution in [0.3, 0.4) is 0 Å². The van der Waals surface area contributed by atoms with E-state index in [1.807, 2.05) is 12.1 Å². The zero-order valence-corrected chi connectivity index (χ0v) is 15.2. The molecule has 4 rings (SSSR count). The zero-order valence-electron chi connectivity index (χ0n) is 13.7. The lowest BCUT2D eigenvalue weighted by atomic mass is 10.1. The van der Waals surface area contributed by atoms with E-state index in [1.54, 1.807) is 12.1 Å². The molecule has 4 aromatic rings. The molecule has 0 bridgehead atoms. The zero-order chi connectivity index (χ0) is 19.0. The summed E-state index contributed by atoms with van der Waals surface area (Å²) in [5.41, 5.74) is 0.634. The highest BCUT2D eigenvalue weighted by molar-refractivity contribution is 6.33. The van der Waals surface area contributed by atoms with Crippen LogP contribution in [0.25, 0.3) is 5.52 Å². The number of hydrogen-bond donors (Lipinski definition) is 1. The average molecular weight is 407 g/mol. The summed E-state index contributed by atoms with van der Waals surface area (Å²) in [6.07, 6.45) is 1.99. The van der Waals surface area contributed by atoms with E-state index in [0.717, 1.165) is 10.2 Å². The van der Waals surface area contributed by atoms with Gasteiger partial charge in [0.25, 0.3) is 5.56 Å². The Morgan fingerprint density at radius 1 is 1.19 bits per heavy atom. The molecule has 27 heavy (non-hydrogen) atoms. The number of fused-ring (bicyclic) bond motifs is 1. The van der Waals surface area contributed by atoms with E-state index >= 15 is 0 Å². The number of benzene rings is 1. The van der Waals surface area contributed by atoms with Gasteiger partial charge in [0.05, 0.1) is 11.2 Å². The minimum atomic E-state index is -0.953. The summed E-state index contributed by atoms with van der Waals surface area (Å²) in [5.74, 6) is 0.286. The molecule has 0 fully saturated rings. The summed E-state index contributed by atoms with van der Waals surface area (Å²) in [6.45, 7) is -0.00942. The molecule has 0 aliphatic rings. The maximum Gasteiger partial charge on any atom is 0.281 e. The predicted molar refractivity (Wildman–Crippen MR) is 95.8 cm³/mol. The molecule has 0 radical (unpaired) electrons. The van der Waals surface area contributed by atoms with Gasteiger partial charge in [0, 0.05) is 11.4 Å². The van der Waals surface area contributed by atoms with E-state index in [9.17, 15) is 9.90 Å². The first-order valence-electron chi connectivity index (χ1n) is 7.85. The smallest absolute Gasteiger partial charge is 0.281 e. The summed E-state index contributed by atoms with van der Waals surface area (Å²) in [7, 11) is 0. The fourth-order valence-electron chi connectivity index (χ4n) is 2.56. The second-order valence-corrected chi connectivity index (χ2v) is 6.63. The largest absolute Gasteiger partial charge is 0.385 e. The molecule has 0 saturated heterocycles. The van der Waals surface area contributed by atoms with Gasteiger partial charge in [-0.15, -0.1) is 9.73 Å². The normalized spacial score (nSPS) is 12.6. The van der Waals surface area contributed by atoms with Crippen LogP contribution in [-0.4, -0.2) is 34.6 Å². The third-order valence-corrected chi connectivity index (χ3v) is 4.43. The van der Waals surface area contributed by atoms with Gasteiger partial charge in [-0.25, -0.2) is 0 Å². The molecular weight excluding hydrogens is 395 g/mol. The number of aliphatic hydroxyl groups excluding tert-OH is 1. The number of halogens is 2. The Morgan fingerprint density at radius 2 is 1.96 bits per heavy atom. The van der Waals surface area contributed by atoms with Crippen LogP contribution in [0.1, 0.15) is 23.4 Å². The Hall–Kier alpha value is -2.75. The molecule has 1 aromatic carbocycles. The van der Waals surface area contributed by atoms with Crippen LogP contribution in [0.15, 0.2) is 46.1 Å². The van der Waals surface area contributed by atoms with Crippen LogP contribution in [0.5, 0.6) is 0 Å². The third-order valence-electron chi connectivity index (χ3n) is 3.90. The highest BCUT2D eigenvalue weighted by atomic mass is 35.5. The van der Waals surface area contributed by atoms with Gasteiger partial charge >= 0.3 is 0 Å². The first kappa shape index (κ1) is 17.7. The number of aliphatic hydroxyl groups is 1. The number of nitrogens with zero attached hydrogens (tertiary/aromatic N) is 6. The van der Waals surface area contributed by atoms with E-state index in [2.05, 4.69) is 20.3 Å². The predicted octanol–water partition coefficient (Wildman–Crippen LogP) is 1.91. The lowest BCUT2D eigenvalue weighted by Gasteiger charge is -2.06. The van der Waals surface area contributed by atoms with Gasteiger partial charge in [0.1, 0.15) is 19.0 Å². The van der Waals surface area contributed by atoms with Crippen molar-refractivity contribution in [3.8, 4) is 0 Å². The molecule has 3 aromatic heterocycles. The molecule has 0 aliphatic carbocycles. The topological polar surface area (TPSA) is 111 Å². The first-order chi connectivity index (χ1) is 13.0. The molecule has 1 atom stereocenters. The van der Waals surface area contributed by atoms with Crippen molar-refractivity contribution >= 4 is 28.7 Å². The Bertz CT molecular complexity index is 1150. The van der Waals surface area contributed by atoms with Gasteiger partial charge in [-0.3, -0.25) is 9.36 Å². The van der Waals surface area contributed by atoms with Crippen molar-refractivity contribution in [2.24, 2.45) is 0 Å². The Morgan fingerprint density at radius 3 is 2.74 bits per heavy atom. The van der Waals surface area contributed by atoms with Crippen molar-refractivity contribution in [2.75, 3.05) is 0 Å². The quantitative estimate of drug-likeness (QED) is 0.538. The van der Waals surface area contributed by atoms with Crippen molar-refractivity contribution in [3.63, 3.8) is 0 Å². The van der Waals surface area contributed by atoms with Crippen molar-refractivity contribution in [2.45, 2.75) is 19.1 Å². The number of rotatable bonds is 5. The minimum Gasteiger partial charge on any atom is -0.385 e. The number of hydrogen-bond acceptors (Lipinski definition) is 7. The molecule has 11 heteroatoms. The number of aromatic nitrogens is 6. The molecule has 0 saturated carbocycles. The fraction of sp³-hybridized carbons (Fsp3) is 0.188. The van der Waals surface area contributed by atoms with E-state index in [-0.39, 0.29) is 28.8 Å². The van der Waals surface area contributed by atoms with Gasteiger partial charge in [-0.2, -0.15) is 10.1 Å². The molecule has 0 amide bonds. The molecule has 1 N–H and O–H groups in total. The second kappa shape index (κ2) is 7.10. The van der Waals surface area contributed by atoms with Crippen LogP contribution in [0, 0.1) is 0 Å². The van der Waals surface area contributed by atoms with Crippen molar-refractivity contribution in [1.82, 2.24) is 29.5 Å². The lowest BCUT2D eigenvalue weighted by Crippen LogP contribution is -2.24. The minimum absolute atomic E-state index is 0.00942. The molecule has 0 aliphatic heterocycles. The highest BCUT2D eigenvalue weighted by Crippen LogP contribution is 2.18. The molecule has 138 valence electrons. The van der Waals surface area contributed by atoms with E-state index in [0.29, 0.717) is 11.4 Å². The van der Waals surface area contributed by atoms with Gasteiger partial charge in [-0.1, -0.05) is 40.5 Å². The van der Waals surface area contributed by atoms with Crippen LogP contribution in [0.2, 0.25) is 10.0 Å². The van der Waals surface area contributed by atoms with E-state index in [1.165, 1.54) is 17.1 Å². The molecule has 0 spiro atoms. The fourth-order valence-corrected chi connectivity index (χ4v) is 2.88. The highest BCUT2D eigenvalue weighted by Gasteiger charge is 2.18. The summed E-state index contributed by atoms with van der Waals surface area (Å²) >= 11 is 11.8. The van der Waals surface area contributed by atoms with Gasteiger partial charge in [-0.05, 0) is 17.7 Å². The maximum absolute atomic E-state index is 12.5.